The summed E-state index contributed by atoms with van der Waals surface area (Å²) in [5.74, 6) is 0.415. The maximum Gasteiger partial charge on any atom is 0.264 e. The van der Waals surface area contributed by atoms with Crippen molar-refractivity contribution in [3.05, 3.63) is 70.3 Å². The van der Waals surface area contributed by atoms with Gasteiger partial charge in [0.2, 0.25) is 10.0 Å². The highest BCUT2D eigenvalue weighted by Crippen LogP contribution is 2.49. The van der Waals surface area contributed by atoms with Gasteiger partial charge in [-0.2, -0.15) is 0 Å². The average Bonchev–Trinajstić information content (AvgIpc) is 3.54. The predicted octanol–water partition coefficient (Wildman–Crippen LogP) is 5.30. The molecule has 0 aromatic heterocycles. The lowest BCUT2D eigenvalue weighted by Gasteiger charge is -2.52. The molecule has 11 nitrogen and oxygen atoms in total. The van der Waals surface area contributed by atoms with Crippen LogP contribution < -0.4 is 14.4 Å². The molecule has 2 aromatic carbocycles. The summed E-state index contributed by atoms with van der Waals surface area (Å²) in [5, 5.41) is -0.0454. The van der Waals surface area contributed by atoms with E-state index in [0.717, 1.165) is 82.1 Å². The number of amides is 1. The second-order valence-electron chi connectivity index (χ2n) is 17.3. The molecular formula is C43H59ClN4O7S. The predicted molar refractivity (Wildman–Crippen MR) is 218 cm³/mol. The summed E-state index contributed by atoms with van der Waals surface area (Å²) in [7, 11) is -2.12. The number of hydrogen-bond donors (Lipinski definition) is 1. The largest absolute Gasteiger partial charge is 0.490 e. The van der Waals surface area contributed by atoms with E-state index < -0.39 is 26.8 Å². The molecule has 0 radical (unpaired) electrons. The van der Waals surface area contributed by atoms with Crippen LogP contribution in [0.4, 0.5) is 5.69 Å². The van der Waals surface area contributed by atoms with Gasteiger partial charge in [-0.3, -0.25) is 14.6 Å². The monoisotopic (exact) mass is 810 g/mol. The maximum absolute atomic E-state index is 13.7. The lowest BCUT2D eigenvalue weighted by Crippen LogP contribution is -2.60. The Morgan fingerprint density at radius 1 is 1.02 bits per heavy atom. The highest BCUT2D eigenvalue weighted by molar-refractivity contribution is 7.90. The van der Waals surface area contributed by atoms with Gasteiger partial charge < -0.3 is 23.8 Å². The summed E-state index contributed by atoms with van der Waals surface area (Å²) < 4.78 is 54.9. The van der Waals surface area contributed by atoms with Crippen molar-refractivity contribution in [2.24, 2.45) is 17.8 Å². The van der Waals surface area contributed by atoms with Crippen LogP contribution in [-0.2, 0) is 36.1 Å². The Balaban J connectivity index is 1.14. The molecule has 2 aliphatic carbocycles. The molecular weight excluding hydrogens is 752 g/mol. The minimum absolute atomic E-state index is 0.232. The van der Waals surface area contributed by atoms with Crippen LogP contribution in [-0.4, -0.2) is 127 Å². The van der Waals surface area contributed by atoms with Crippen molar-refractivity contribution < 1.29 is 32.2 Å². The molecule has 0 unspecified atom stereocenters. The summed E-state index contributed by atoms with van der Waals surface area (Å²) in [6.07, 6.45) is 10.0. The van der Waals surface area contributed by atoms with Gasteiger partial charge in [-0.05, 0) is 105 Å². The molecule has 6 atom stereocenters. The fourth-order valence-electron chi connectivity index (χ4n) is 10.3. The molecule has 13 heteroatoms. The van der Waals surface area contributed by atoms with Gasteiger partial charge in [0.05, 0.1) is 50.0 Å². The van der Waals surface area contributed by atoms with Gasteiger partial charge in [0.15, 0.2) is 0 Å². The topological polar surface area (TPSA) is 110 Å². The van der Waals surface area contributed by atoms with Crippen LogP contribution in [0.1, 0.15) is 67.4 Å². The molecule has 56 heavy (non-hydrogen) atoms. The van der Waals surface area contributed by atoms with Crippen LogP contribution in [0, 0.1) is 17.8 Å². The number of carbonyl (C=O) groups excluding carboxylic acids is 1. The zero-order valence-electron chi connectivity index (χ0n) is 33.2. The Kier molecular flexibility index (Phi) is 11.8. The summed E-state index contributed by atoms with van der Waals surface area (Å²) in [5.41, 5.74) is 2.84. The molecule has 1 spiro atoms. The minimum atomic E-state index is -3.97. The van der Waals surface area contributed by atoms with Crippen LogP contribution in [0.5, 0.6) is 5.75 Å². The van der Waals surface area contributed by atoms with Crippen molar-refractivity contribution in [3.8, 4) is 5.75 Å². The number of fused-ring (bicyclic) bond motifs is 4. The molecule has 4 aliphatic heterocycles. The van der Waals surface area contributed by atoms with Gasteiger partial charge in [0.25, 0.3) is 5.91 Å². The van der Waals surface area contributed by atoms with E-state index in [1.807, 2.05) is 32.2 Å². The normalized spacial score (nSPS) is 33.9. The average molecular weight is 811 g/mol. The second kappa shape index (κ2) is 16.5. The Labute approximate surface area is 338 Å². The summed E-state index contributed by atoms with van der Waals surface area (Å²) in [6, 6.07) is 11.9. The third-order valence-corrected chi connectivity index (χ3v) is 16.1. The summed E-state index contributed by atoms with van der Waals surface area (Å²) >= 11 is 6.52. The Morgan fingerprint density at radius 2 is 1.80 bits per heavy atom. The number of methoxy groups -OCH3 is 1. The fourth-order valence-corrected chi connectivity index (χ4v) is 11.7. The van der Waals surface area contributed by atoms with E-state index in [9.17, 15) is 13.2 Å². The second-order valence-corrected chi connectivity index (χ2v) is 19.8. The lowest BCUT2D eigenvalue weighted by molar-refractivity contribution is -0.0974. The third kappa shape index (κ3) is 8.01. The van der Waals surface area contributed by atoms with Gasteiger partial charge in [0, 0.05) is 68.9 Å². The summed E-state index contributed by atoms with van der Waals surface area (Å²) in [6.45, 7) is 12.8. The van der Waals surface area contributed by atoms with Crippen LogP contribution in [0.2, 0.25) is 5.02 Å². The maximum atomic E-state index is 13.7. The number of nitrogens with zero attached hydrogens (tertiary/aromatic N) is 3. The SMILES string of the molecule is CO[C@@]1(CN2CCN(C3COCCOC3)CC2)/C=C/C[C@H](C)[C@@H](C)S(=O)(=O)NC(=O)c2ccc3c(c2)N(C[C@@H]2CC[C@H]21)C[C@@]1(CCCc2cc(Cl)ccc21)CO3. The number of carbonyl (C=O) groups is 1. The number of ether oxygens (including phenoxy) is 4. The first-order chi connectivity index (χ1) is 27.0. The van der Waals surface area contributed by atoms with Crippen molar-refractivity contribution in [3.63, 3.8) is 0 Å². The van der Waals surface area contributed by atoms with E-state index in [1.54, 1.807) is 13.0 Å². The van der Waals surface area contributed by atoms with E-state index in [0.29, 0.717) is 63.2 Å². The first kappa shape index (κ1) is 40.1. The minimum Gasteiger partial charge on any atom is -0.490 e. The number of allylic oxidation sites excluding steroid dienone is 1. The van der Waals surface area contributed by atoms with Crippen molar-refractivity contribution in [1.82, 2.24) is 14.5 Å². The number of aryl methyl sites for hydroxylation is 1. The number of halogens is 1. The zero-order valence-corrected chi connectivity index (χ0v) is 34.8. The molecule has 2 saturated heterocycles. The standard InChI is InChI=1S/C43H59ClN4O7S/c1-30-6-4-15-43(52-3,28-46-16-18-47(19-17-46)36-25-53-20-21-54-26-36)38-11-8-34(38)24-48-27-42(14-5-7-32-22-35(44)10-12-37(32)42)29-55-40-13-9-33(23-39(40)48)41(49)45-56(50,51)31(30)2/h4,9-10,12-13,15,22-23,30-31,34,36,38H,5-8,11,14,16-21,24-29H2,1-3H3,(H,45,49)/b15-4+/t30-,31+,34-,38+,42-,43+/m0/s1. The highest BCUT2D eigenvalue weighted by atomic mass is 35.5. The summed E-state index contributed by atoms with van der Waals surface area (Å²) in [4.78, 5) is 21.2. The molecule has 1 amide bonds. The number of piperazine rings is 1. The number of benzene rings is 2. The van der Waals surface area contributed by atoms with Crippen molar-refractivity contribution in [1.29, 1.82) is 0 Å². The molecule has 4 heterocycles. The molecule has 8 rings (SSSR count). The van der Waals surface area contributed by atoms with Crippen LogP contribution in [0.15, 0.2) is 48.6 Å². The van der Waals surface area contributed by atoms with E-state index in [-0.39, 0.29) is 23.3 Å². The number of hydrogen-bond acceptors (Lipinski definition) is 10. The molecule has 306 valence electrons. The smallest absolute Gasteiger partial charge is 0.264 e. The number of sulfonamides is 1. The Bertz CT molecular complexity index is 1880. The van der Waals surface area contributed by atoms with Gasteiger partial charge in [-0.15, -0.1) is 0 Å². The first-order valence-corrected chi connectivity index (χ1v) is 22.6. The first-order valence-electron chi connectivity index (χ1n) is 20.7. The van der Waals surface area contributed by atoms with E-state index in [1.165, 1.54) is 11.1 Å². The third-order valence-electron chi connectivity index (χ3n) is 14.0. The molecule has 2 aromatic rings. The lowest BCUT2D eigenvalue weighted by atomic mass is 9.63. The zero-order chi connectivity index (χ0) is 39.1. The molecule has 1 N–H and O–H groups in total. The Hall–Kier alpha value is -2.71. The van der Waals surface area contributed by atoms with E-state index in [4.69, 9.17) is 30.5 Å². The Morgan fingerprint density at radius 3 is 2.54 bits per heavy atom. The van der Waals surface area contributed by atoms with Crippen LogP contribution in [0.25, 0.3) is 0 Å². The number of rotatable bonds is 4. The van der Waals surface area contributed by atoms with E-state index in [2.05, 4.69) is 43.7 Å². The molecule has 1 saturated carbocycles. The molecule has 2 bridgehead atoms. The number of anilines is 1. The van der Waals surface area contributed by atoms with Crippen LogP contribution >= 0.6 is 11.6 Å². The number of nitrogens with one attached hydrogen (secondary N) is 1. The van der Waals surface area contributed by atoms with Crippen molar-refractivity contribution >= 4 is 33.2 Å². The highest BCUT2D eigenvalue weighted by Gasteiger charge is 2.50. The van der Waals surface area contributed by atoms with Gasteiger partial charge in [-0.1, -0.05) is 36.7 Å². The van der Waals surface area contributed by atoms with Gasteiger partial charge >= 0.3 is 0 Å². The molecule has 3 fully saturated rings. The quantitative estimate of drug-likeness (QED) is 0.409. The van der Waals surface area contributed by atoms with Gasteiger partial charge in [0.1, 0.15) is 11.4 Å². The molecule has 6 aliphatic rings. The van der Waals surface area contributed by atoms with Crippen molar-refractivity contribution in [2.45, 2.75) is 74.7 Å². The van der Waals surface area contributed by atoms with E-state index >= 15 is 0 Å². The van der Waals surface area contributed by atoms with Crippen LogP contribution in [0.3, 0.4) is 0 Å². The fraction of sp³-hybridized carbons (Fsp3) is 0.651. The van der Waals surface area contributed by atoms with Gasteiger partial charge in [-0.25, -0.2) is 13.1 Å². The van der Waals surface area contributed by atoms with Crippen molar-refractivity contribution in [2.75, 3.05) is 90.9 Å².